The molecular formula is C20H29N9O2S2. The molecule has 0 bridgehead atoms. The molecule has 1 aromatic carbocycles. The Labute approximate surface area is 198 Å². The van der Waals surface area contributed by atoms with E-state index in [0.717, 1.165) is 6.42 Å². The molecule has 0 saturated heterocycles. The van der Waals surface area contributed by atoms with Gasteiger partial charge in [-0.25, -0.2) is 8.42 Å². The maximum absolute atomic E-state index is 13.0. The second kappa shape index (κ2) is 10.4. The number of benzene rings is 1. The first-order valence-electron chi connectivity index (χ1n) is 10.6. The van der Waals surface area contributed by atoms with Crippen LogP contribution >= 0.6 is 11.8 Å². The van der Waals surface area contributed by atoms with Gasteiger partial charge in [-0.05, 0) is 25.5 Å². The van der Waals surface area contributed by atoms with Crippen molar-refractivity contribution in [2.24, 2.45) is 0 Å². The number of thioether (sulfide) groups is 1. The number of aromatic nitrogens is 6. The second-order valence-corrected chi connectivity index (χ2v) is 10.2. The molecule has 33 heavy (non-hydrogen) atoms. The number of hydrogen-bond donors (Lipinski definition) is 2. The molecule has 11 nitrogen and oxygen atoms in total. The highest BCUT2D eigenvalue weighted by Crippen LogP contribution is 2.31. The first-order chi connectivity index (χ1) is 15.7. The molecule has 2 heterocycles. The Morgan fingerprint density at radius 2 is 1.73 bits per heavy atom. The zero-order chi connectivity index (χ0) is 24.2. The van der Waals surface area contributed by atoms with Crippen LogP contribution in [0.25, 0.3) is 11.4 Å². The van der Waals surface area contributed by atoms with Crippen LogP contribution in [0.4, 0.5) is 11.9 Å². The van der Waals surface area contributed by atoms with Gasteiger partial charge in [0.15, 0.2) is 11.0 Å². The van der Waals surface area contributed by atoms with Gasteiger partial charge < -0.3 is 11.5 Å². The molecule has 13 heteroatoms. The molecular weight excluding hydrogens is 462 g/mol. The summed E-state index contributed by atoms with van der Waals surface area (Å²) in [7, 11) is -3.59. The highest BCUT2D eigenvalue weighted by molar-refractivity contribution is 7.98. The summed E-state index contributed by atoms with van der Waals surface area (Å²) in [4.78, 5) is 12.2. The van der Waals surface area contributed by atoms with Crippen molar-refractivity contribution in [3.05, 3.63) is 30.1 Å². The van der Waals surface area contributed by atoms with E-state index in [0.29, 0.717) is 41.2 Å². The smallest absolute Gasteiger partial charge is 0.243 e. The molecule has 0 fully saturated rings. The van der Waals surface area contributed by atoms with Crippen LogP contribution in [0, 0.1) is 0 Å². The molecule has 0 saturated carbocycles. The second-order valence-electron chi connectivity index (χ2n) is 7.31. The molecule has 2 aromatic heterocycles. The lowest BCUT2D eigenvalue weighted by atomic mass is 10.2. The van der Waals surface area contributed by atoms with Crippen molar-refractivity contribution in [1.29, 1.82) is 0 Å². The summed E-state index contributed by atoms with van der Waals surface area (Å²) in [6, 6.07) is 6.90. The van der Waals surface area contributed by atoms with Crippen LogP contribution in [0.15, 0.2) is 34.3 Å². The lowest BCUT2D eigenvalue weighted by molar-refractivity contribution is 0.445. The van der Waals surface area contributed by atoms with Crippen LogP contribution in [0.2, 0.25) is 0 Å². The number of anilines is 2. The largest absolute Gasteiger partial charge is 0.368 e. The number of hydrogen-bond acceptors (Lipinski definition) is 10. The van der Waals surface area contributed by atoms with E-state index in [9.17, 15) is 8.42 Å². The fourth-order valence-electron chi connectivity index (χ4n) is 3.31. The van der Waals surface area contributed by atoms with Gasteiger partial charge >= 0.3 is 0 Å². The van der Waals surface area contributed by atoms with E-state index in [1.54, 1.807) is 18.2 Å². The van der Waals surface area contributed by atoms with Gasteiger partial charge in [-0.2, -0.15) is 19.3 Å². The third kappa shape index (κ3) is 5.42. The summed E-state index contributed by atoms with van der Waals surface area (Å²) in [6.45, 7) is 8.57. The molecule has 3 rings (SSSR count). The van der Waals surface area contributed by atoms with Crippen LogP contribution in [0.5, 0.6) is 0 Å². The quantitative estimate of drug-likeness (QED) is 0.404. The molecule has 0 aliphatic carbocycles. The molecule has 0 aliphatic rings. The Balaban J connectivity index is 1.98. The van der Waals surface area contributed by atoms with Crippen molar-refractivity contribution in [3.8, 4) is 11.4 Å². The van der Waals surface area contributed by atoms with Gasteiger partial charge in [0, 0.05) is 24.7 Å². The number of nitrogens with zero attached hydrogens (tertiary/aromatic N) is 7. The Kier molecular flexibility index (Phi) is 7.87. The topological polar surface area (TPSA) is 159 Å². The van der Waals surface area contributed by atoms with E-state index in [1.807, 2.05) is 24.5 Å². The number of nitrogens with two attached hydrogens (primary N) is 2. The van der Waals surface area contributed by atoms with Crippen molar-refractivity contribution in [2.45, 2.75) is 56.0 Å². The number of sulfonamides is 1. The first-order valence-corrected chi connectivity index (χ1v) is 13.1. The van der Waals surface area contributed by atoms with Crippen LogP contribution in [-0.4, -0.2) is 55.5 Å². The molecule has 1 atom stereocenters. The van der Waals surface area contributed by atoms with Crippen molar-refractivity contribution < 1.29 is 8.42 Å². The lowest BCUT2D eigenvalue weighted by Gasteiger charge is -2.19. The van der Waals surface area contributed by atoms with E-state index in [-0.39, 0.29) is 22.8 Å². The average Bonchev–Trinajstić information content (AvgIpc) is 3.21. The normalized spacial score (nSPS) is 12.9. The third-order valence-corrected chi connectivity index (χ3v) is 8.16. The van der Waals surface area contributed by atoms with Gasteiger partial charge in [0.05, 0.1) is 10.6 Å². The van der Waals surface area contributed by atoms with Gasteiger partial charge in [-0.15, -0.1) is 10.2 Å². The van der Waals surface area contributed by atoms with Crippen LogP contribution in [-0.2, 0) is 15.8 Å². The Morgan fingerprint density at radius 1 is 1.06 bits per heavy atom. The Bertz CT molecular complexity index is 1190. The fourth-order valence-corrected chi connectivity index (χ4v) is 5.71. The molecule has 0 spiro atoms. The van der Waals surface area contributed by atoms with Gasteiger partial charge in [0.1, 0.15) is 5.82 Å². The van der Waals surface area contributed by atoms with Crippen molar-refractivity contribution >= 4 is 33.7 Å². The molecule has 3 aromatic rings. The molecule has 0 aliphatic heterocycles. The van der Waals surface area contributed by atoms with E-state index >= 15 is 0 Å². The standard InChI is InChI=1S/C20H29N9O2S2/c1-5-13(4)29-17(14-9-8-10-15(11-14)33(30,31)28(6-2)7-3)26-27-20(29)32-12-16-23-18(21)25-19(22)24-16/h8-11,13H,5-7,12H2,1-4H3,(H4,21,22,23,24,25). The van der Waals surface area contributed by atoms with E-state index in [4.69, 9.17) is 11.5 Å². The Morgan fingerprint density at radius 3 is 2.33 bits per heavy atom. The summed E-state index contributed by atoms with van der Waals surface area (Å²) in [5.74, 6) is 1.54. The van der Waals surface area contributed by atoms with Gasteiger partial charge in [-0.3, -0.25) is 4.57 Å². The summed E-state index contributed by atoms with van der Waals surface area (Å²) >= 11 is 1.40. The fraction of sp³-hybridized carbons (Fsp3) is 0.450. The van der Waals surface area contributed by atoms with Crippen LogP contribution in [0.3, 0.4) is 0 Å². The summed E-state index contributed by atoms with van der Waals surface area (Å²) in [5.41, 5.74) is 12.0. The molecule has 1 unspecified atom stereocenters. The summed E-state index contributed by atoms with van der Waals surface area (Å²) in [6.07, 6.45) is 0.835. The van der Waals surface area contributed by atoms with E-state index in [1.165, 1.54) is 16.1 Å². The van der Waals surface area contributed by atoms with Gasteiger partial charge in [0.2, 0.25) is 21.9 Å². The van der Waals surface area contributed by atoms with Crippen LogP contribution in [0.1, 0.15) is 46.0 Å². The average molecular weight is 492 g/mol. The SMILES string of the molecule is CCC(C)n1c(SCc2nc(N)nc(N)n2)nnc1-c1cccc(S(=O)(=O)N(CC)CC)c1. The molecule has 4 N–H and O–H groups in total. The predicted octanol–water partition coefficient (Wildman–Crippen LogP) is 2.59. The highest BCUT2D eigenvalue weighted by atomic mass is 32.2. The van der Waals surface area contributed by atoms with Gasteiger partial charge in [0.25, 0.3) is 0 Å². The maximum Gasteiger partial charge on any atom is 0.243 e. The molecule has 0 radical (unpaired) electrons. The minimum Gasteiger partial charge on any atom is -0.368 e. The summed E-state index contributed by atoms with van der Waals surface area (Å²) in [5, 5.41) is 9.42. The predicted molar refractivity (Wildman–Crippen MR) is 129 cm³/mol. The minimum absolute atomic E-state index is 0.0633. The van der Waals surface area contributed by atoms with Crippen LogP contribution < -0.4 is 11.5 Å². The third-order valence-electron chi connectivity index (χ3n) is 5.18. The summed E-state index contributed by atoms with van der Waals surface area (Å²) < 4.78 is 29.5. The number of rotatable bonds is 10. The number of nitrogen functional groups attached to an aromatic ring is 2. The monoisotopic (exact) mass is 491 g/mol. The molecule has 178 valence electrons. The van der Waals surface area contributed by atoms with Crippen molar-refractivity contribution in [2.75, 3.05) is 24.6 Å². The molecule has 0 amide bonds. The first kappa shape index (κ1) is 24.9. The highest BCUT2D eigenvalue weighted by Gasteiger charge is 2.24. The zero-order valence-electron chi connectivity index (χ0n) is 19.1. The van der Waals surface area contributed by atoms with Crippen molar-refractivity contribution in [1.82, 2.24) is 34.0 Å². The van der Waals surface area contributed by atoms with Crippen molar-refractivity contribution in [3.63, 3.8) is 0 Å². The van der Waals surface area contributed by atoms with Gasteiger partial charge in [-0.1, -0.05) is 44.7 Å². The lowest BCUT2D eigenvalue weighted by Crippen LogP contribution is -2.30. The minimum atomic E-state index is -3.59. The Hall–Kier alpha value is -2.77. The maximum atomic E-state index is 13.0. The van der Waals surface area contributed by atoms with E-state index in [2.05, 4.69) is 39.0 Å². The van der Waals surface area contributed by atoms with E-state index < -0.39 is 10.0 Å². The zero-order valence-corrected chi connectivity index (χ0v) is 20.8.